The van der Waals surface area contributed by atoms with Crippen LogP contribution in [0.15, 0.2) is 222 Å². The largest absolute Gasteiger partial charge is 0.398 e. The lowest BCUT2D eigenvalue weighted by Gasteiger charge is -2.34. The van der Waals surface area contributed by atoms with Gasteiger partial charge in [-0.15, -0.1) is 0 Å². The molecule has 0 fully saturated rings. The van der Waals surface area contributed by atoms with Gasteiger partial charge in [0.15, 0.2) is 0 Å². The number of allylic oxidation sites excluding steroid dienone is 13. The number of benzene rings is 7. The van der Waals surface area contributed by atoms with Crippen LogP contribution in [0.1, 0.15) is 35.4 Å². The molecular weight excluding hydrogens is 775 g/mol. The summed E-state index contributed by atoms with van der Waals surface area (Å²) in [5, 5.41) is 5.21. The summed E-state index contributed by atoms with van der Waals surface area (Å²) < 4.78 is 2.52. The van der Waals surface area contributed by atoms with Gasteiger partial charge in [-0.05, 0) is 99.8 Å². The maximum atomic E-state index is 6.83. The van der Waals surface area contributed by atoms with E-state index in [0.29, 0.717) is 0 Å². The fraction of sp³-hybridized carbons (Fsp3) is 0.0984. The van der Waals surface area contributed by atoms with Crippen LogP contribution >= 0.6 is 0 Å². The lowest BCUT2D eigenvalue weighted by molar-refractivity contribution is 0.478. The summed E-state index contributed by atoms with van der Waals surface area (Å²) in [5.41, 5.74) is 25.7. The summed E-state index contributed by atoms with van der Waals surface area (Å²) in [6.45, 7) is 4.15. The fourth-order valence-electron chi connectivity index (χ4n) is 11.2. The molecule has 4 aliphatic carbocycles. The number of hydrogen-bond donors (Lipinski definition) is 1. The van der Waals surface area contributed by atoms with E-state index in [2.05, 4.69) is 212 Å². The molecule has 0 bridgehead atoms. The van der Waals surface area contributed by atoms with E-state index in [4.69, 9.17) is 10.7 Å². The molecule has 2 N–H and O–H groups in total. The van der Waals surface area contributed by atoms with Gasteiger partial charge < -0.3 is 10.3 Å². The predicted molar refractivity (Wildman–Crippen MR) is 272 cm³/mol. The second kappa shape index (κ2) is 15.6. The monoisotopic (exact) mass is 821 g/mol. The van der Waals surface area contributed by atoms with Crippen LogP contribution in [0.5, 0.6) is 0 Å². The molecule has 7 aromatic carbocycles. The van der Waals surface area contributed by atoms with Gasteiger partial charge in [0, 0.05) is 50.7 Å². The Hall–Kier alpha value is -7.75. The van der Waals surface area contributed by atoms with Crippen molar-refractivity contribution in [3.05, 3.63) is 234 Å². The molecule has 1 aromatic heterocycles. The number of hydrogen-bond acceptors (Lipinski definition) is 2. The first-order valence-electron chi connectivity index (χ1n) is 22.6. The third-order valence-corrected chi connectivity index (χ3v) is 14.1. The number of aliphatic imine (C=N–C) groups is 1. The number of rotatable bonds is 7. The first-order chi connectivity index (χ1) is 31.6. The highest BCUT2D eigenvalue weighted by atomic mass is 15.0. The van der Waals surface area contributed by atoms with Crippen molar-refractivity contribution in [3.8, 4) is 33.4 Å². The molecule has 3 atom stereocenters. The Morgan fingerprint density at radius 1 is 0.625 bits per heavy atom. The van der Waals surface area contributed by atoms with Crippen LogP contribution < -0.4 is 5.73 Å². The van der Waals surface area contributed by atoms with Gasteiger partial charge in [0.1, 0.15) is 0 Å². The van der Waals surface area contributed by atoms with Gasteiger partial charge in [0.2, 0.25) is 0 Å². The number of fused-ring (bicyclic) bond motifs is 8. The molecule has 4 aliphatic rings. The molecule has 3 unspecified atom stereocenters. The van der Waals surface area contributed by atoms with Gasteiger partial charge in [0.25, 0.3) is 0 Å². The second-order valence-electron chi connectivity index (χ2n) is 17.6. The molecule has 64 heavy (non-hydrogen) atoms. The lowest BCUT2D eigenvalue weighted by atomic mass is 9.70. The Labute approximate surface area is 374 Å². The number of nitrogens with zero attached hydrogens (tertiary/aromatic N) is 2. The van der Waals surface area contributed by atoms with Crippen molar-refractivity contribution >= 4 is 56.4 Å². The van der Waals surface area contributed by atoms with Crippen LogP contribution in [0.3, 0.4) is 0 Å². The fourth-order valence-corrected chi connectivity index (χ4v) is 11.2. The van der Waals surface area contributed by atoms with Crippen molar-refractivity contribution in [2.24, 2.45) is 16.8 Å². The van der Waals surface area contributed by atoms with E-state index in [-0.39, 0.29) is 17.8 Å². The van der Waals surface area contributed by atoms with Crippen LogP contribution in [0.4, 0.5) is 5.69 Å². The zero-order chi connectivity index (χ0) is 42.7. The zero-order valence-corrected chi connectivity index (χ0v) is 35.7. The number of nitrogens with two attached hydrogens (primary N) is 1. The van der Waals surface area contributed by atoms with Crippen molar-refractivity contribution in [1.82, 2.24) is 4.57 Å². The first kappa shape index (κ1) is 38.0. The molecule has 306 valence electrons. The van der Waals surface area contributed by atoms with E-state index in [1.165, 1.54) is 71.7 Å². The number of anilines is 1. The lowest BCUT2D eigenvalue weighted by Crippen LogP contribution is -2.23. The van der Waals surface area contributed by atoms with Gasteiger partial charge in [0.05, 0.1) is 16.7 Å². The number of para-hydroxylation sites is 2. The summed E-state index contributed by atoms with van der Waals surface area (Å²) in [5.74, 6) is 0.552. The molecule has 3 heteroatoms. The van der Waals surface area contributed by atoms with Gasteiger partial charge in [-0.25, -0.2) is 0 Å². The number of aromatic nitrogens is 1. The van der Waals surface area contributed by atoms with Crippen molar-refractivity contribution in [2.75, 3.05) is 5.73 Å². The molecule has 0 spiro atoms. The third kappa shape index (κ3) is 6.14. The van der Waals surface area contributed by atoms with Crippen LogP contribution in [0.2, 0.25) is 0 Å². The van der Waals surface area contributed by atoms with E-state index in [9.17, 15) is 0 Å². The topological polar surface area (TPSA) is 43.3 Å². The predicted octanol–water partition coefficient (Wildman–Crippen LogP) is 15.3. The zero-order valence-electron chi connectivity index (χ0n) is 35.7. The van der Waals surface area contributed by atoms with E-state index in [0.717, 1.165) is 58.5 Å². The minimum Gasteiger partial charge on any atom is -0.398 e. The molecule has 0 saturated carbocycles. The van der Waals surface area contributed by atoms with E-state index >= 15 is 0 Å². The summed E-state index contributed by atoms with van der Waals surface area (Å²) in [4.78, 5) is 4.77. The third-order valence-electron chi connectivity index (χ3n) is 14.1. The molecule has 3 nitrogen and oxygen atoms in total. The summed E-state index contributed by atoms with van der Waals surface area (Å²) in [7, 11) is 0. The minimum absolute atomic E-state index is 0.105. The Bertz CT molecular complexity index is 3440. The van der Waals surface area contributed by atoms with Crippen LogP contribution in [0, 0.1) is 11.8 Å². The van der Waals surface area contributed by atoms with Crippen LogP contribution in [0.25, 0.3) is 77.4 Å². The van der Waals surface area contributed by atoms with Crippen molar-refractivity contribution in [2.45, 2.75) is 25.2 Å². The quantitative estimate of drug-likeness (QED) is 0.126. The van der Waals surface area contributed by atoms with Crippen LogP contribution in [-0.2, 0) is 6.42 Å². The normalized spacial score (nSPS) is 19.5. The second-order valence-corrected chi connectivity index (χ2v) is 17.6. The SMILES string of the molecule is C=N/C(=C1/C=CC=CC1C1C=CC=C2Cc3ccc(-c4cc5c(c6ccccc46)c4ccccc4n5C4=CC=CCC4)cc3C21)c1ccc(-c2cccc(-c3ccccc3)c2N)cc1. The Kier molecular flexibility index (Phi) is 9.23. The van der Waals surface area contributed by atoms with E-state index in [1.54, 1.807) is 0 Å². The summed E-state index contributed by atoms with van der Waals surface area (Å²) in [6, 6.07) is 53.0. The highest BCUT2D eigenvalue weighted by Crippen LogP contribution is 2.52. The standard InChI is InChI=1S/C61H47N3/c1-63-61(41-32-30-40(31-33-41)47-27-15-26-46(60(47)62)39-16-4-2-5-17-39)52-24-11-9-21-48(52)50-28-14-18-44-36-42-34-35-43(37-55(42)58(44)50)54-38-57-59(51-23-10-8-22-49(51)54)53-25-12-13-29-56(53)64(57)45-19-6-3-7-20-45/h2-6,8-19,21-35,37-38,48,50,58H,1,7,20,36,62H2/b61-52-. The van der Waals surface area contributed by atoms with Gasteiger partial charge >= 0.3 is 0 Å². The Morgan fingerprint density at radius 2 is 1.38 bits per heavy atom. The molecule has 12 rings (SSSR count). The van der Waals surface area contributed by atoms with E-state index in [1.807, 2.05) is 6.07 Å². The molecular formula is C61H47N3. The van der Waals surface area contributed by atoms with Crippen molar-refractivity contribution in [1.29, 1.82) is 0 Å². The Balaban J connectivity index is 0.936. The molecule has 0 radical (unpaired) electrons. The highest BCUT2D eigenvalue weighted by molar-refractivity contribution is 6.24. The van der Waals surface area contributed by atoms with Gasteiger partial charge in [-0.3, -0.25) is 4.99 Å². The van der Waals surface area contributed by atoms with E-state index < -0.39 is 0 Å². The number of nitrogen functional groups attached to an aromatic ring is 1. The van der Waals surface area contributed by atoms with Crippen LogP contribution in [-0.4, -0.2) is 11.3 Å². The Morgan fingerprint density at radius 3 is 2.17 bits per heavy atom. The summed E-state index contributed by atoms with van der Waals surface area (Å²) >= 11 is 0. The summed E-state index contributed by atoms with van der Waals surface area (Å²) in [6.07, 6.45) is 25.9. The van der Waals surface area contributed by atoms with Crippen molar-refractivity contribution in [3.63, 3.8) is 0 Å². The molecule has 0 saturated heterocycles. The first-order valence-corrected chi connectivity index (χ1v) is 22.6. The average molecular weight is 822 g/mol. The smallest absolute Gasteiger partial charge is 0.0732 e. The average Bonchev–Trinajstić information content (AvgIpc) is 3.91. The highest BCUT2D eigenvalue weighted by Gasteiger charge is 2.39. The molecule has 1 heterocycles. The van der Waals surface area contributed by atoms with Crippen molar-refractivity contribution < 1.29 is 0 Å². The van der Waals surface area contributed by atoms with Gasteiger partial charge in [-0.1, -0.05) is 194 Å². The molecule has 0 amide bonds. The maximum Gasteiger partial charge on any atom is 0.0732 e. The van der Waals surface area contributed by atoms with Gasteiger partial charge in [-0.2, -0.15) is 0 Å². The molecule has 8 aromatic rings. The maximum absolute atomic E-state index is 6.83. The molecule has 0 aliphatic heterocycles. The minimum atomic E-state index is 0.105.